The second-order valence-corrected chi connectivity index (χ2v) is 5.23. The fourth-order valence-corrected chi connectivity index (χ4v) is 2.42. The molecule has 0 unspecified atom stereocenters. The first kappa shape index (κ1) is 16.6. The summed E-state index contributed by atoms with van der Waals surface area (Å²) < 4.78 is 31.4. The molecule has 8 heteroatoms. The van der Waals surface area contributed by atoms with Crippen LogP contribution >= 0.6 is 0 Å². The van der Waals surface area contributed by atoms with Crippen molar-refractivity contribution in [3.63, 3.8) is 0 Å². The second-order valence-electron chi connectivity index (χ2n) is 5.23. The molecule has 25 heavy (non-hydrogen) atoms. The zero-order valence-corrected chi connectivity index (χ0v) is 12.9. The van der Waals surface area contributed by atoms with Crippen LogP contribution in [0.4, 0.5) is 14.5 Å². The van der Waals surface area contributed by atoms with Crippen molar-refractivity contribution in [2.45, 2.75) is 13.2 Å². The van der Waals surface area contributed by atoms with E-state index in [4.69, 9.17) is 0 Å². The summed E-state index contributed by atoms with van der Waals surface area (Å²) >= 11 is 0. The lowest BCUT2D eigenvalue weighted by Gasteiger charge is -2.09. The van der Waals surface area contributed by atoms with Gasteiger partial charge in [-0.25, -0.2) is 0 Å². The normalized spacial score (nSPS) is 10.8. The molecule has 3 rings (SSSR count). The van der Waals surface area contributed by atoms with E-state index in [1.807, 2.05) is 30.3 Å². The fraction of sp³-hybridized carbons (Fsp3) is 0.118. The number of nitro benzene ring substituents is 1. The third-order valence-corrected chi connectivity index (χ3v) is 3.52. The highest BCUT2D eigenvalue weighted by Crippen LogP contribution is 2.34. The molecule has 0 bridgehead atoms. The van der Waals surface area contributed by atoms with Crippen molar-refractivity contribution in [3.8, 4) is 16.9 Å². The zero-order chi connectivity index (χ0) is 17.8. The summed E-state index contributed by atoms with van der Waals surface area (Å²) in [5.74, 6) is -0.261. The Morgan fingerprint density at radius 1 is 1.20 bits per heavy atom. The van der Waals surface area contributed by atoms with Gasteiger partial charge < -0.3 is 4.74 Å². The first-order valence-electron chi connectivity index (χ1n) is 7.33. The minimum Gasteiger partial charge on any atom is -0.434 e. The van der Waals surface area contributed by atoms with E-state index >= 15 is 0 Å². The predicted molar refractivity (Wildman–Crippen MR) is 86.5 cm³/mol. The number of hydrogen-bond acceptors (Lipinski definition) is 4. The molecule has 0 atom stereocenters. The predicted octanol–water partition coefficient (Wildman–Crippen LogP) is 4.11. The third-order valence-electron chi connectivity index (χ3n) is 3.52. The van der Waals surface area contributed by atoms with Crippen LogP contribution < -0.4 is 4.74 Å². The second kappa shape index (κ2) is 7.08. The Labute approximate surface area is 141 Å². The Bertz CT molecular complexity index is 882. The van der Waals surface area contributed by atoms with Crippen molar-refractivity contribution in [2.24, 2.45) is 0 Å². The zero-order valence-electron chi connectivity index (χ0n) is 12.9. The molecule has 3 aromatic rings. The molecule has 1 aromatic heterocycles. The van der Waals surface area contributed by atoms with Crippen molar-refractivity contribution in [1.82, 2.24) is 9.78 Å². The van der Waals surface area contributed by atoms with Crippen LogP contribution in [0.25, 0.3) is 11.1 Å². The van der Waals surface area contributed by atoms with Gasteiger partial charge in [0.1, 0.15) is 5.75 Å². The van der Waals surface area contributed by atoms with Crippen LogP contribution in [0.5, 0.6) is 5.75 Å². The Morgan fingerprint density at radius 2 is 1.96 bits per heavy atom. The van der Waals surface area contributed by atoms with E-state index in [0.717, 1.165) is 11.6 Å². The smallest absolute Gasteiger partial charge is 0.387 e. The molecule has 0 saturated heterocycles. The largest absolute Gasteiger partial charge is 0.434 e. The Balaban J connectivity index is 1.92. The highest BCUT2D eigenvalue weighted by molar-refractivity contribution is 5.71. The van der Waals surface area contributed by atoms with Gasteiger partial charge in [-0.3, -0.25) is 14.8 Å². The Morgan fingerprint density at radius 3 is 2.64 bits per heavy atom. The van der Waals surface area contributed by atoms with Gasteiger partial charge in [-0.05, 0) is 11.6 Å². The van der Waals surface area contributed by atoms with E-state index in [-0.39, 0.29) is 11.4 Å². The van der Waals surface area contributed by atoms with Crippen molar-refractivity contribution >= 4 is 5.69 Å². The van der Waals surface area contributed by atoms with Gasteiger partial charge in [0.25, 0.3) is 5.69 Å². The van der Waals surface area contributed by atoms with Crippen LogP contribution in [0.1, 0.15) is 5.56 Å². The van der Waals surface area contributed by atoms with Gasteiger partial charge in [-0.2, -0.15) is 13.9 Å². The van der Waals surface area contributed by atoms with Crippen molar-refractivity contribution in [3.05, 3.63) is 76.6 Å². The summed E-state index contributed by atoms with van der Waals surface area (Å²) in [7, 11) is 0. The van der Waals surface area contributed by atoms with Crippen LogP contribution in [-0.4, -0.2) is 21.3 Å². The monoisotopic (exact) mass is 345 g/mol. The third kappa shape index (κ3) is 3.97. The fourth-order valence-electron chi connectivity index (χ4n) is 2.42. The highest BCUT2D eigenvalue weighted by atomic mass is 19.3. The number of non-ortho nitro benzene ring substituents is 1. The number of rotatable bonds is 6. The number of nitro groups is 1. The van der Waals surface area contributed by atoms with Crippen molar-refractivity contribution in [1.29, 1.82) is 0 Å². The lowest BCUT2D eigenvalue weighted by Crippen LogP contribution is -2.04. The molecule has 0 N–H and O–H groups in total. The molecule has 0 saturated carbocycles. The molecule has 0 radical (unpaired) electrons. The van der Waals surface area contributed by atoms with Crippen LogP contribution in [0.15, 0.2) is 60.9 Å². The minimum atomic E-state index is -3.08. The van der Waals surface area contributed by atoms with Crippen molar-refractivity contribution < 1.29 is 18.4 Å². The molecule has 0 aliphatic rings. The van der Waals surface area contributed by atoms with Gasteiger partial charge >= 0.3 is 6.61 Å². The van der Waals surface area contributed by atoms with Gasteiger partial charge in [-0.15, -0.1) is 0 Å². The summed E-state index contributed by atoms with van der Waals surface area (Å²) in [4.78, 5) is 10.2. The van der Waals surface area contributed by atoms with E-state index in [2.05, 4.69) is 9.84 Å². The first-order valence-corrected chi connectivity index (χ1v) is 7.33. The number of alkyl halides is 2. The molecule has 1 heterocycles. The molecule has 0 amide bonds. The van der Waals surface area contributed by atoms with E-state index in [1.54, 1.807) is 10.9 Å². The lowest BCUT2D eigenvalue weighted by atomic mass is 10.1. The summed E-state index contributed by atoms with van der Waals surface area (Å²) in [5.41, 5.74) is 1.55. The quantitative estimate of drug-likeness (QED) is 0.498. The lowest BCUT2D eigenvalue weighted by molar-refractivity contribution is -0.385. The summed E-state index contributed by atoms with van der Waals surface area (Å²) in [6, 6.07) is 13.2. The number of ether oxygens (including phenoxy) is 1. The maximum Gasteiger partial charge on any atom is 0.387 e. The molecular formula is C17H13F2N3O3. The van der Waals surface area contributed by atoms with Gasteiger partial charge in [0.05, 0.1) is 23.7 Å². The molecule has 128 valence electrons. The number of hydrogen-bond donors (Lipinski definition) is 0. The molecule has 0 aliphatic heterocycles. The molecular weight excluding hydrogens is 332 g/mol. The first-order chi connectivity index (χ1) is 12.0. The average molecular weight is 345 g/mol. The van der Waals surface area contributed by atoms with Crippen LogP contribution in [0.3, 0.4) is 0 Å². The highest BCUT2D eigenvalue weighted by Gasteiger charge is 2.17. The standard InChI is InChI=1S/C17H13F2N3O3/c18-17(19)25-16-8-14(22(23)24)6-7-15(16)13-9-20-21(11-13)10-12-4-2-1-3-5-12/h1-9,11,17H,10H2. The van der Waals surface area contributed by atoms with Crippen LogP contribution in [0, 0.1) is 10.1 Å². The van der Waals surface area contributed by atoms with Crippen LogP contribution in [-0.2, 0) is 6.54 Å². The average Bonchev–Trinajstić information content (AvgIpc) is 3.03. The van der Waals surface area contributed by atoms with Gasteiger partial charge in [-0.1, -0.05) is 30.3 Å². The number of nitrogens with zero attached hydrogens (tertiary/aromatic N) is 3. The summed E-state index contributed by atoms with van der Waals surface area (Å²) in [6.45, 7) is -2.57. The summed E-state index contributed by atoms with van der Waals surface area (Å²) in [5, 5.41) is 15.0. The molecule has 0 aliphatic carbocycles. The topological polar surface area (TPSA) is 70.2 Å². The van der Waals surface area contributed by atoms with Crippen LogP contribution in [0.2, 0.25) is 0 Å². The SMILES string of the molecule is O=[N+]([O-])c1ccc(-c2cnn(Cc3ccccc3)c2)c(OC(F)F)c1. The number of benzene rings is 2. The van der Waals surface area contributed by atoms with Gasteiger partial charge in [0.15, 0.2) is 0 Å². The Kier molecular flexibility index (Phi) is 4.69. The number of aromatic nitrogens is 2. The van der Waals surface area contributed by atoms with Gasteiger partial charge in [0.2, 0.25) is 0 Å². The van der Waals surface area contributed by atoms with E-state index < -0.39 is 11.5 Å². The van der Waals surface area contributed by atoms with E-state index in [1.165, 1.54) is 18.3 Å². The summed E-state index contributed by atoms with van der Waals surface area (Å²) in [6.07, 6.45) is 3.18. The van der Waals surface area contributed by atoms with E-state index in [0.29, 0.717) is 17.7 Å². The minimum absolute atomic E-state index is 0.261. The Hall–Kier alpha value is -3.29. The van der Waals surface area contributed by atoms with Crippen molar-refractivity contribution in [2.75, 3.05) is 0 Å². The molecule has 0 fully saturated rings. The molecule has 2 aromatic carbocycles. The maximum absolute atomic E-state index is 12.6. The number of halogens is 2. The molecule has 6 nitrogen and oxygen atoms in total. The van der Waals surface area contributed by atoms with E-state index in [9.17, 15) is 18.9 Å². The molecule has 0 spiro atoms. The maximum atomic E-state index is 12.6. The van der Waals surface area contributed by atoms with Gasteiger partial charge in [0, 0.05) is 23.4 Å².